The average molecular weight is 299 g/mol. The largest absolute Gasteiger partial charge is 0.393 e. The van der Waals surface area contributed by atoms with Crippen molar-refractivity contribution in [2.75, 3.05) is 13.6 Å². The molecule has 1 rings (SSSR count). The van der Waals surface area contributed by atoms with E-state index in [0.29, 0.717) is 19.5 Å². The second-order valence-electron chi connectivity index (χ2n) is 6.11. The Bertz CT molecular complexity index is 443. The minimum atomic E-state index is -0.363. The molecule has 5 nitrogen and oxygen atoms in total. The minimum absolute atomic E-state index is 0.114. The van der Waals surface area contributed by atoms with Gasteiger partial charge in [0, 0.05) is 24.7 Å². The molecule has 2 N–H and O–H groups in total. The van der Waals surface area contributed by atoms with Crippen LogP contribution in [0.15, 0.2) is 5.38 Å². The molecule has 20 heavy (non-hydrogen) atoms. The van der Waals surface area contributed by atoms with Crippen molar-refractivity contribution in [3.8, 4) is 0 Å². The number of nitrogens with one attached hydrogen (secondary N) is 1. The van der Waals surface area contributed by atoms with Crippen LogP contribution in [0, 0.1) is 12.3 Å². The van der Waals surface area contributed by atoms with Crippen LogP contribution in [-0.2, 0) is 6.54 Å². The summed E-state index contributed by atoms with van der Waals surface area (Å²) >= 11 is 1.56. The van der Waals surface area contributed by atoms with E-state index in [1.807, 2.05) is 26.2 Å². The zero-order valence-electron chi connectivity index (χ0n) is 12.9. The molecule has 1 atom stereocenters. The maximum Gasteiger partial charge on any atom is 0.317 e. The predicted octanol–water partition coefficient (Wildman–Crippen LogP) is 2.39. The van der Waals surface area contributed by atoms with Gasteiger partial charge in [-0.2, -0.15) is 0 Å². The van der Waals surface area contributed by atoms with Gasteiger partial charge in [0.15, 0.2) is 0 Å². The number of hydrogen-bond acceptors (Lipinski definition) is 4. The molecule has 0 bridgehead atoms. The quantitative estimate of drug-likeness (QED) is 0.847. The highest BCUT2D eigenvalue weighted by Gasteiger charge is 2.22. The molecule has 1 aromatic heterocycles. The van der Waals surface area contributed by atoms with Gasteiger partial charge in [-0.3, -0.25) is 0 Å². The second-order valence-corrected chi connectivity index (χ2v) is 7.06. The molecule has 0 saturated heterocycles. The number of rotatable bonds is 6. The van der Waals surface area contributed by atoms with E-state index in [1.165, 1.54) is 0 Å². The predicted molar refractivity (Wildman–Crippen MR) is 81.8 cm³/mol. The lowest BCUT2D eigenvalue weighted by molar-refractivity contribution is 0.127. The van der Waals surface area contributed by atoms with Crippen molar-refractivity contribution in [1.82, 2.24) is 15.2 Å². The Hall–Kier alpha value is -1.14. The van der Waals surface area contributed by atoms with Gasteiger partial charge in [0.05, 0.1) is 12.6 Å². The van der Waals surface area contributed by atoms with Crippen molar-refractivity contribution in [2.45, 2.75) is 46.8 Å². The lowest BCUT2D eigenvalue weighted by atomic mass is 9.87. The number of aryl methyl sites for hydroxylation is 1. The molecule has 0 aromatic carbocycles. The summed E-state index contributed by atoms with van der Waals surface area (Å²) in [6.07, 6.45) is 0.292. The first kappa shape index (κ1) is 16.9. The molecule has 0 spiro atoms. The van der Waals surface area contributed by atoms with E-state index < -0.39 is 0 Å². The van der Waals surface area contributed by atoms with Crippen molar-refractivity contribution in [3.63, 3.8) is 0 Å². The zero-order chi connectivity index (χ0) is 15.3. The maximum atomic E-state index is 12.0. The van der Waals surface area contributed by atoms with Gasteiger partial charge in [0.25, 0.3) is 0 Å². The number of aliphatic hydroxyl groups is 1. The van der Waals surface area contributed by atoms with E-state index in [2.05, 4.69) is 10.3 Å². The molecule has 0 aliphatic heterocycles. The number of carbonyl (C=O) groups excluding carboxylic acids is 1. The van der Waals surface area contributed by atoms with Crippen LogP contribution in [-0.4, -0.2) is 40.7 Å². The van der Waals surface area contributed by atoms with Crippen molar-refractivity contribution in [1.29, 1.82) is 0 Å². The molecule has 114 valence electrons. The third kappa shape index (κ3) is 5.88. The summed E-state index contributed by atoms with van der Waals surface area (Å²) in [6, 6.07) is -0.114. The van der Waals surface area contributed by atoms with E-state index in [4.69, 9.17) is 0 Å². The van der Waals surface area contributed by atoms with Gasteiger partial charge >= 0.3 is 6.03 Å². The summed E-state index contributed by atoms with van der Waals surface area (Å²) in [6.45, 7) is 8.83. The summed E-state index contributed by atoms with van der Waals surface area (Å²) < 4.78 is 0. The summed E-state index contributed by atoms with van der Waals surface area (Å²) in [5.41, 5.74) is 0.861. The highest BCUT2D eigenvalue weighted by molar-refractivity contribution is 7.09. The van der Waals surface area contributed by atoms with Gasteiger partial charge in [-0.05, 0) is 25.7 Å². The second kappa shape index (κ2) is 7.04. The first-order valence-corrected chi connectivity index (χ1v) is 7.65. The van der Waals surface area contributed by atoms with Crippen LogP contribution >= 0.6 is 11.3 Å². The molecule has 1 aromatic rings. The van der Waals surface area contributed by atoms with Gasteiger partial charge in [0.1, 0.15) is 5.01 Å². The fourth-order valence-corrected chi connectivity index (χ4v) is 2.90. The number of hydrogen-bond donors (Lipinski definition) is 2. The molecule has 0 aliphatic rings. The van der Waals surface area contributed by atoms with E-state index in [1.54, 1.807) is 30.2 Å². The van der Waals surface area contributed by atoms with Crippen molar-refractivity contribution in [2.24, 2.45) is 5.41 Å². The molecule has 2 amide bonds. The molecule has 0 aliphatic carbocycles. The number of nitrogens with zero attached hydrogens (tertiary/aromatic N) is 2. The summed E-state index contributed by atoms with van der Waals surface area (Å²) in [5, 5.41) is 15.3. The Morgan fingerprint density at radius 1 is 1.60 bits per heavy atom. The Kier molecular flexibility index (Phi) is 5.95. The summed E-state index contributed by atoms with van der Waals surface area (Å²) in [4.78, 5) is 18.0. The maximum absolute atomic E-state index is 12.0. The zero-order valence-corrected chi connectivity index (χ0v) is 13.8. The molecule has 1 heterocycles. The topological polar surface area (TPSA) is 65.5 Å². The summed E-state index contributed by atoms with van der Waals surface area (Å²) in [7, 11) is 1.76. The third-order valence-corrected chi connectivity index (χ3v) is 3.90. The van der Waals surface area contributed by atoms with Crippen LogP contribution in [0.4, 0.5) is 4.79 Å². The molecule has 0 saturated carbocycles. The SMILES string of the molecule is Cc1csc(CN(C)C(=O)NCC(C)(C)CC(C)O)n1. The molecular formula is C14H25N3O2S. The monoisotopic (exact) mass is 299 g/mol. The number of carbonyl (C=O) groups is 1. The van der Waals surface area contributed by atoms with Crippen LogP contribution in [0.2, 0.25) is 0 Å². The van der Waals surface area contributed by atoms with Crippen LogP contribution in [0.5, 0.6) is 0 Å². The Morgan fingerprint density at radius 3 is 2.75 bits per heavy atom. The highest BCUT2D eigenvalue weighted by atomic mass is 32.1. The molecule has 0 fully saturated rings. The van der Waals surface area contributed by atoms with Crippen molar-refractivity contribution in [3.05, 3.63) is 16.1 Å². The number of aliphatic hydroxyl groups excluding tert-OH is 1. The Balaban J connectivity index is 2.42. The van der Waals surface area contributed by atoms with Crippen LogP contribution in [0.1, 0.15) is 37.9 Å². The van der Waals surface area contributed by atoms with E-state index >= 15 is 0 Å². The third-order valence-electron chi connectivity index (χ3n) is 2.95. The van der Waals surface area contributed by atoms with Gasteiger partial charge in [-0.1, -0.05) is 13.8 Å². The summed E-state index contributed by atoms with van der Waals surface area (Å²) in [5.74, 6) is 0. The smallest absolute Gasteiger partial charge is 0.317 e. The van der Waals surface area contributed by atoms with Crippen LogP contribution in [0.25, 0.3) is 0 Å². The van der Waals surface area contributed by atoms with Crippen LogP contribution in [0.3, 0.4) is 0 Å². The van der Waals surface area contributed by atoms with Crippen molar-refractivity contribution < 1.29 is 9.90 Å². The molecule has 0 radical (unpaired) electrons. The fraction of sp³-hybridized carbons (Fsp3) is 0.714. The molecular weight excluding hydrogens is 274 g/mol. The molecule has 1 unspecified atom stereocenters. The van der Waals surface area contributed by atoms with Gasteiger partial charge in [-0.15, -0.1) is 11.3 Å². The lowest BCUT2D eigenvalue weighted by Crippen LogP contribution is -2.42. The number of amides is 2. The first-order chi connectivity index (χ1) is 9.19. The van der Waals surface area contributed by atoms with Gasteiger partial charge in [-0.25, -0.2) is 9.78 Å². The number of aromatic nitrogens is 1. The minimum Gasteiger partial charge on any atom is -0.393 e. The normalized spacial score (nSPS) is 13.1. The first-order valence-electron chi connectivity index (χ1n) is 6.77. The van der Waals surface area contributed by atoms with Gasteiger partial charge < -0.3 is 15.3 Å². The van der Waals surface area contributed by atoms with E-state index in [9.17, 15) is 9.90 Å². The van der Waals surface area contributed by atoms with E-state index in [0.717, 1.165) is 10.7 Å². The lowest BCUT2D eigenvalue weighted by Gasteiger charge is -2.27. The number of thiazole rings is 1. The van der Waals surface area contributed by atoms with E-state index in [-0.39, 0.29) is 17.6 Å². The number of urea groups is 1. The van der Waals surface area contributed by atoms with Crippen molar-refractivity contribution >= 4 is 17.4 Å². The Morgan fingerprint density at radius 2 is 2.25 bits per heavy atom. The average Bonchev–Trinajstić information content (AvgIpc) is 2.70. The van der Waals surface area contributed by atoms with Gasteiger partial charge in [0.2, 0.25) is 0 Å². The standard InChI is InChI=1S/C14H25N3O2S/c1-10-8-20-12(16-10)7-17(5)13(19)15-9-14(3,4)6-11(2)18/h8,11,18H,6-7,9H2,1-5H3,(H,15,19). The fourth-order valence-electron chi connectivity index (χ4n) is 2.07. The molecule has 6 heteroatoms. The highest BCUT2D eigenvalue weighted by Crippen LogP contribution is 2.21. The Labute approximate surface area is 125 Å². The van der Waals surface area contributed by atoms with Crippen LogP contribution < -0.4 is 5.32 Å².